The van der Waals surface area contributed by atoms with Crippen molar-refractivity contribution in [2.45, 2.75) is 86.2 Å². The molecule has 9 rings (SSSR count). The number of para-hydroxylation sites is 3. The highest BCUT2D eigenvalue weighted by atomic mass is 32.2. The molecule has 4 N–H and O–H groups in total. The normalized spacial score (nSPS) is 23.6. The van der Waals surface area contributed by atoms with Crippen LogP contribution in [0.1, 0.15) is 50.6 Å². The maximum Gasteiger partial charge on any atom is 0.573 e. The summed E-state index contributed by atoms with van der Waals surface area (Å²) in [6.07, 6.45) is -2.56. The summed E-state index contributed by atoms with van der Waals surface area (Å²) in [4.78, 5) is -0.237. The summed E-state index contributed by atoms with van der Waals surface area (Å²) in [5, 5.41) is 32.0. The smallest absolute Gasteiger partial charge is 0.406 e. The Kier molecular flexibility index (Phi) is 9.23. The van der Waals surface area contributed by atoms with E-state index in [1.165, 1.54) is 0 Å². The average molecular weight is 783 g/mol. The molecule has 2 aliphatic carbocycles. The monoisotopic (exact) mass is 782 g/mol. The van der Waals surface area contributed by atoms with Crippen molar-refractivity contribution in [3.05, 3.63) is 115 Å². The Balaban J connectivity index is 1.02. The maximum absolute atomic E-state index is 13.4. The second-order valence-corrected chi connectivity index (χ2v) is 16.7. The van der Waals surface area contributed by atoms with Crippen molar-refractivity contribution in [2.24, 2.45) is 0 Å². The zero-order valence-electron chi connectivity index (χ0n) is 30.2. The van der Waals surface area contributed by atoms with Gasteiger partial charge in [0.1, 0.15) is 5.75 Å². The van der Waals surface area contributed by atoms with Gasteiger partial charge in [0.05, 0.1) is 46.8 Å². The molecule has 0 spiro atoms. The van der Waals surface area contributed by atoms with Crippen molar-refractivity contribution in [1.29, 1.82) is 0 Å². The molecule has 0 radical (unpaired) electrons. The number of nitrogens with zero attached hydrogens (tertiary/aromatic N) is 2. The van der Waals surface area contributed by atoms with E-state index in [0.717, 1.165) is 92.8 Å². The number of hydrogen-bond donors (Lipinski definition) is 4. The summed E-state index contributed by atoms with van der Waals surface area (Å²) in [6.45, 7) is 0. The van der Waals surface area contributed by atoms with E-state index in [-0.39, 0.29) is 17.0 Å². The molecule has 2 heterocycles. The van der Waals surface area contributed by atoms with Crippen molar-refractivity contribution in [1.82, 2.24) is 13.9 Å². The topological polar surface area (TPSA) is 118 Å². The minimum absolute atomic E-state index is 0.143. The number of fused-ring (bicyclic) bond motifs is 6. The number of ether oxygens (including phenoxy) is 1. The quantitative estimate of drug-likeness (QED) is 0.123. The predicted octanol–water partition coefficient (Wildman–Crippen LogP) is 8.80. The van der Waals surface area contributed by atoms with E-state index in [2.05, 4.69) is 48.2 Å². The maximum atomic E-state index is 13.4. The lowest BCUT2D eigenvalue weighted by Gasteiger charge is -2.37. The first-order valence-electron chi connectivity index (χ1n) is 19.0. The molecule has 7 aromatic rings. The van der Waals surface area contributed by atoms with Gasteiger partial charge < -0.3 is 29.4 Å². The zero-order valence-corrected chi connectivity index (χ0v) is 31.0. The summed E-state index contributed by atoms with van der Waals surface area (Å²) in [6, 6.07) is 32.9. The highest BCUT2D eigenvalue weighted by molar-refractivity contribution is 7.89. The first-order valence-corrected chi connectivity index (χ1v) is 20.5. The first kappa shape index (κ1) is 36.6. The fourth-order valence-electron chi connectivity index (χ4n) is 9.29. The van der Waals surface area contributed by atoms with E-state index in [4.69, 9.17) is 0 Å². The van der Waals surface area contributed by atoms with Gasteiger partial charge in [-0.2, -0.15) is 0 Å². The second kappa shape index (κ2) is 14.1. The molecular weight excluding hydrogens is 742 g/mol. The number of nitrogens with one attached hydrogen (secondary N) is 2. The highest BCUT2D eigenvalue weighted by Gasteiger charge is 2.39. The summed E-state index contributed by atoms with van der Waals surface area (Å²) < 4.78 is 75.8. The number of aliphatic hydroxyl groups is 2. The van der Waals surface area contributed by atoms with E-state index in [1.54, 1.807) is 0 Å². The molecule has 0 bridgehead atoms. The minimum atomic E-state index is -4.90. The van der Waals surface area contributed by atoms with E-state index in [9.17, 15) is 31.8 Å². The molecule has 9 nitrogen and oxygen atoms in total. The van der Waals surface area contributed by atoms with E-state index in [1.807, 2.05) is 66.7 Å². The van der Waals surface area contributed by atoms with Gasteiger partial charge in [0.15, 0.2) is 0 Å². The van der Waals surface area contributed by atoms with Gasteiger partial charge in [-0.15, -0.1) is 13.2 Å². The van der Waals surface area contributed by atoms with Gasteiger partial charge in [-0.1, -0.05) is 60.7 Å². The number of benzene rings is 5. The number of alkyl halides is 3. The molecule has 290 valence electrons. The summed E-state index contributed by atoms with van der Waals surface area (Å²) >= 11 is 0. The lowest BCUT2D eigenvalue weighted by Crippen LogP contribution is -2.49. The molecule has 2 aromatic heterocycles. The summed E-state index contributed by atoms with van der Waals surface area (Å²) in [7, 11) is -4.20. The van der Waals surface area contributed by atoms with Gasteiger partial charge in [0, 0.05) is 43.8 Å². The first-order chi connectivity index (χ1) is 27.0. The van der Waals surface area contributed by atoms with Crippen molar-refractivity contribution in [2.75, 3.05) is 5.32 Å². The van der Waals surface area contributed by atoms with Crippen LogP contribution in [0.15, 0.2) is 120 Å². The fourth-order valence-corrected chi connectivity index (χ4v) is 10.6. The Morgan fingerprint density at radius 2 is 1.11 bits per heavy atom. The van der Waals surface area contributed by atoms with Crippen LogP contribution >= 0.6 is 0 Å². The number of aromatic nitrogens is 2. The van der Waals surface area contributed by atoms with Crippen LogP contribution in [0.2, 0.25) is 0 Å². The number of sulfonamides is 1. The van der Waals surface area contributed by atoms with Crippen LogP contribution in [0, 0.1) is 0 Å². The number of hydrogen-bond acceptors (Lipinski definition) is 6. The van der Waals surface area contributed by atoms with E-state index >= 15 is 0 Å². The minimum Gasteiger partial charge on any atom is -0.406 e. The summed E-state index contributed by atoms with van der Waals surface area (Å²) in [5.74, 6) is -0.532. The zero-order chi connectivity index (χ0) is 38.8. The Morgan fingerprint density at radius 1 is 0.607 bits per heavy atom. The lowest BCUT2D eigenvalue weighted by molar-refractivity contribution is -0.274. The van der Waals surface area contributed by atoms with Gasteiger partial charge in [-0.3, -0.25) is 0 Å². The standard InChI is InChI=1S/C43H41F3N4O5S/c44-43(45,46)55-26-22-24-27(25-23-26)56(53,54)48-33-15-9-21-39(42(33)52)50-36-18-6-3-12-30(36)40-31(13-7-19-37(40)50)47-32-14-8-20-38(41(32)51)49-34-16-4-1-10-28(34)29-11-2-5-17-35(29)49/h1-7,10-13,16-19,22-25,32-33,38-39,41-42,47-48,51-52H,8-9,14-15,20-21H2/t32?,33?,38?,39?,41-,42-/m1/s1. The lowest BCUT2D eigenvalue weighted by atomic mass is 9.87. The largest absolute Gasteiger partial charge is 0.573 e. The third kappa shape index (κ3) is 6.46. The van der Waals surface area contributed by atoms with Gasteiger partial charge in [0.2, 0.25) is 10.0 Å². The fraction of sp³-hybridized carbons (Fsp3) is 0.302. The van der Waals surface area contributed by atoms with E-state index < -0.39 is 46.4 Å². The van der Waals surface area contributed by atoms with Crippen molar-refractivity contribution >= 4 is 59.3 Å². The number of halogens is 3. The molecule has 0 amide bonds. The molecule has 0 saturated heterocycles. The van der Waals surface area contributed by atoms with Gasteiger partial charge in [-0.05, 0) is 93.1 Å². The molecule has 5 aromatic carbocycles. The Hall–Kier alpha value is -5.08. The molecular formula is C43H41F3N4O5S. The highest BCUT2D eigenvalue weighted by Crippen LogP contribution is 2.43. The Bertz CT molecular complexity index is 2620. The SMILES string of the molecule is O=S(=O)(NC1CCCC(n2c3ccccc3c3c(NC4CCCC(n5c6ccccc6c6ccccc65)[C@@H]4O)cccc32)[C@@H]1O)c1ccc(OC(F)(F)F)cc1. The third-order valence-corrected chi connectivity index (χ3v) is 13.2. The van der Waals surface area contributed by atoms with Gasteiger partial charge in [-0.25, -0.2) is 13.1 Å². The van der Waals surface area contributed by atoms with Crippen LogP contribution in [0.4, 0.5) is 18.9 Å². The molecule has 6 atom stereocenters. The number of rotatable bonds is 8. The Morgan fingerprint density at radius 3 is 1.71 bits per heavy atom. The predicted molar refractivity (Wildman–Crippen MR) is 211 cm³/mol. The molecule has 56 heavy (non-hydrogen) atoms. The second-order valence-electron chi connectivity index (χ2n) is 15.0. The van der Waals surface area contributed by atoms with Crippen LogP contribution < -0.4 is 14.8 Å². The average Bonchev–Trinajstić information content (AvgIpc) is 3.70. The van der Waals surface area contributed by atoms with Crippen molar-refractivity contribution < 1.29 is 36.5 Å². The molecule has 2 aliphatic rings. The van der Waals surface area contributed by atoms with E-state index in [0.29, 0.717) is 19.3 Å². The van der Waals surface area contributed by atoms with Crippen LogP contribution in [-0.4, -0.2) is 58.4 Å². The van der Waals surface area contributed by atoms with Crippen molar-refractivity contribution in [3.63, 3.8) is 0 Å². The number of aliphatic hydroxyl groups excluding tert-OH is 2. The van der Waals surface area contributed by atoms with Gasteiger partial charge in [0.25, 0.3) is 0 Å². The molecule has 2 fully saturated rings. The van der Waals surface area contributed by atoms with Crippen LogP contribution in [-0.2, 0) is 10.0 Å². The Labute approximate surface area is 321 Å². The van der Waals surface area contributed by atoms with Crippen molar-refractivity contribution in [3.8, 4) is 5.75 Å². The van der Waals surface area contributed by atoms with Crippen LogP contribution in [0.3, 0.4) is 0 Å². The molecule has 2 saturated carbocycles. The number of anilines is 1. The molecule has 0 aliphatic heterocycles. The third-order valence-electron chi connectivity index (χ3n) is 11.7. The summed E-state index contributed by atoms with van der Waals surface area (Å²) in [5.41, 5.74) is 4.82. The van der Waals surface area contributed by atoms with Crippen LogP contribution in [0.25, 0.3) is 43.6 Å². The molecule has 13 heteroatoms. The molecule has 4 unspecified atom stereocenters. The van der Waals surface area contributed by atoms with Gasteiger partial charge >= 0.3 is 6.36 Å². The van der Waals surface area contributed by atoms with Crippen LogP contribution in [0.5, 0.6) is 5.75 Å².